The lowest BCUT2D eigenvalue weighted by Gasteiger charge is -2.06. The molecule has 4 nitrogen and oxygen atoms in total. The molecule has 5 heteroatoms. The van der Waals surface area contributed by atoms with E-state index in [0.29, 0.717) is 31.4 Å². The SMILES string of the molecule is CC(C)CNC(=O)/C(F)=C\CCCCCCCCCOc1ccc2ccccc2n1. The minimum absolute atomic E-state index is 0.323. The van der Waals surface area contributed by atoms with Crippen LogP contribution in [0.4, 0.5) is 4.39 Å². The second kappa shape index (κ2) is 13.7. The number of ether oxygens (including phenoxy) is 1. The molecule has 0 aliphatic carbocycles. The van der Waals surface area contributed by atoms with Crippen LogP contribution in [-0.4, -0.2) is 24.0 Å². The topological polar surface area (TPSA) is 51.2 Å². The normalized spacial score (nSPS) is 11.8. The molecule has 1 aromatic carbocycles. The molecular formula is C25H35FN2O2. The number of nitrogens with zero attached hydrogens (tertiary/aromatic N) is 1. The molecule has 1 heterocycles. The number of hydrogen-bond acceptors (Lipinski definition) is 3. The number of benzene rings is 1. The highest BCUT2D eigenvalue weighted by molar-refractivity contribution is 5.91. The fourth-order valence-electron chi connectivity index (χ4n) is 3.14. The summed E-state index contributed by atoms with van der Waals surface area (Å²) in [5.74, 6) is -0.239. The van der Waals surface area contributed by atoms with E-state index in [4.69, 9.17) is 4.74 Å². The standard InChI is InChI=1S/C25H35FN2O2/c1-20(2)19-27-25(29)22(26)14-9-7-5-3-4-6-8-12-18-30-24-17-16-21-13-10-11-15-23(21)28-24/h10-11,13-17,20H,3-9,12,18-19H2,1-2H3,(H,27,29)/b22-14+. The maximum atomic E-state index is 13.6. The van der Waals surface area contributed by atoms with Crippen LogP contribution in [0.15, 0.2) is 48.3 Å². The number of carbonyl (C=O) groups excluding carboxylic acids is 1. The molecule has 0 radical (unpaired) electrons. The van der Waals surface area contributed by atoms with Crippen LogP contribution in [0.3, 0.4) is 0 Å². The van der Waals surface area contributed by atoms with Crippen molar-refractivity contribution in [3.05, 3.63) is 48.3 Å². The first-order valence-corrected chi connectivity index (χ1v) is 11.2. The largest absolute Gasteiger partial charge is 0.478 e. The molecule has 0 aliphatic rings. The number of fused-ring (bicyclic) bond motifs is 1. The van der Waals surface area contributed by atoms with Gasteiger partial charge in [0.2, 0.25) is 5.88 Å². The minimum Gasteiger partial charge on any atom is -0.478 e. The van der Waals surface area contributed by atoms with Crippen LogP contribution in [0, 0.1) is 5.92 Å². The van der Waals surface area contributed by atoms with Crippen LogP contribution < -0.4 is 10.1 Å². The van der Waals surface area contributed by atoms with E-state index in [1.807, 2.05) is 50.2 Å². The molecule has 1 N–H and O–H groups in total. The Kier molecular flexibility index (Phi) is 10.9. The summed E-state index contributed by atoms with van der Waals surface area (Å²) in [7, 11) is 0. The fraction of sp³-hybridized carbons (Fsp3) is 0.520. The van der Waals surface area contributed by atoms with E-state index < -0.39 is 11.7 Å². The molecule has 0 spiro atoms. The second-order valence-electron chi connectivity index (χ2n) is 8.11. The van der Waals surface area contributed by atoms with E-state index in [9.17, 15) is 9.18 Å². The fourth-order valence-corrected chi connectivity index (χ4v) is 3.14. The van der Waals surface area contributed by atoms with Gasteiger partial charge in [-0.3, -0.25) is 4.79 Å². The van der Waals surface area contributed by atoms with Crippen LogP contribution in [0.2, 0.25) is 0 Å². The molecule has 0 saturated carbocycles. The first kappa shape index (κ1) is 23.8. The number of unbranched alkanes of at least 4 members (excludes halogenated alkanes) is 7. The summed E-state index contributed by atoms with van der Waals surface area (Å²) in [4.78, 5) is 16.0. The lowest BCUT2D eigenvalue weighted by Crippen LogP contribution is -2.27. The number of aromatic nitrogens is 1. The Hall–Kier alpha value is -2.43. The Morgan fingerprint density at radius 1 is 1.03 bits per heavy atom. The first-order valence-electron chi connectivity index (χ1n) is 11.2. The number of allylic oxidation sites excluding steroid dienone is 1. The van der Waals surface area contributed by atoms with Gasteiger partial charge in [0.15, 0.2) is 5.83 Å². The van der Waals surface area contributed by atoms with Crippen LogP contribution in [0.1, 0.15) is 65.2 Å². The van der Waals surface area contributed by atoms with E-state index in [0.717, 1.165) is 43.0 Å². The number of carbonyl (C=O) groups is 1. The average Bonchev–Trinajstić information content (AvgIpc) is 2.75. The average molecular weight is 415 g/mol. The number of halogens is 1. The number of rotatable bonds is 14. The Labute approximate surface area is 179 Å². The van der Waals surface area contributed by atoms with Gasteiger partial charge in [0.05, 0.1) is 12.1 Å². The number of hydrogen-bond donors (Lipinski definition) is 1. The van der Waals surface area contributed by atoms with Gasteiger partial charge in [0.1, 0.15) is 0 Å². The summed E-state index contributed by atoms with van der Waals surface area (Å²) in [6.45, 7) is 5.16. The Balaban J connectivity index is 1.45. The smallest absolute Gasteiger partial charge is 0.279 e. The maximum absolute atomic E-state index is 13.6. The van der Waals surface area contributed by atoms with Gasteiger partial charge in [-0.2, -0.15) is 0 Å². The molecule has 0 atom stereocenters. The van der Waals surface area contributed by atoms with Gasteiger partial charge in [-0.05, 0) is 43.4 Å². The Morgan fingerprint density at radius 3 is 2.50 bits per heavy atom. The minimum atomic E-state index is -0.656. The van der Waals surface area contributed by atoms with Crippen molar-refractivity contribution in [2.45, 2.75) is 65.2 Å². The molecule has 0 saturated heterocycles. The quantitative estimate of drug-likeness (QED) is 0.289. The predicted molar refractivity (Wildman–Crippen MR) is 121 cm³/mol. The van der Waals surface area contributed by atoms with E-state index in [1.165, 1.54) is 18.9 Å². The van der Waals surface area contributed by atoms with Gasteiger partial charge in [0.25, 0.3) is 5.91 Å². The molecule has 2 aromatic rings. The van der Waals surface area contributed by atoms with Crippen molar-refractivity contribution in [1.82, 2.24) is 10.3 Å². The summed E-state index contributed by atoms with van der Waals surface area (Å²) < 4.78 is 19.4. The molecule has 164 valence electrons. The second-order valence-corrected chi connectivity index (χ2v) is 8.11. The number of amides is 1. The van der Waals surface area contributed by atoms with Gasteiger partial charge < -0.3 is 10.1 Å². The van der Waals surface area contributed by atoms with E-state index >= 15 is 0 Å². The van der Waals surface area contributed by atoms with Crippen molar-refractivity contribution in [1.29, 1.82) is 0 Å². The summed E-state index contributed by atoms with van der Waals surface area (Å²) in [6, 6.07) is 12.0. The predicted octanol–water partition coefficient (Wildman–Crippen LogP) is 6.36. The molecule has 0 bridgehead atoms. The highest BCUT2D eigenvalue weighted by Gasteiger charge is 2.07. The Morgan fingerprint density at radius 2 is 1.73 bits per heavy atom. The highest BCUT2D eigenvalue weighted by atomic mass is 19.1. The molecule has 1 aromatic heterocycles. The zero-order valence-electron chi connectivity index (χ0n) is 18.3. The number of para-hydroxylation sites is 1. The van der Waals surface area contributed by atoms with E-state index in [2.05, 4.69) is 10.3 Å². The third-order valence-electron chi connectivity index (χ3n) is 4.88. The van der Waals surface area contributed by atoms with Gasteiger partial charge in [-0.15, -0.1) is 0 Å². The van der Waals surface area contributed by atoms with Crippen molar-refractivity contribution < 1.29 is 13.9 Å². The first-order chi connectivity index (χ1) is 14.6. The molecular weight excluding hydrogens is 379 g/mol. The van der Waals surface area contributed by atoms with Crippen LogP contribution in [-0.2, 0) is 4.79 Å². The van der Waals surface area contributed by atoms with Gasteiger partial charge in [0, 0.05) is 18.0 Å². The number of pyridine rings is 1. The van der Waals surface area contributed by atoms with Crippen molar-refractivity contribution in [3.63, 3.8) is 0 Å². The lowest BCUT2D eigenvalue weighted by molar-refractivity contribution is -0.119. The molecule has 0 unspecified atom stereocenters. The molecule has 0 fully saturated rings. The summed E-state index contributed by atoms with van der Waals surface area (Å²) >= 11 is 0. The molecule has 30 heavy (non-hydrogen) atoms. The van der Waals surface area contributed by atoms with Crippen molar-refractivity contribution in [2.24, 2.45) is 5.92 Å². The van der Waals surface area contributed by atoms with Crippen LogP contribution in [0.25, 0.3) is 10.9 Å². The maximum Gasteiger partial charge on any atom is 0.279 e. The van der Waals surface area contributed by atoms with E-state index in [-0.39, 0.29) is 0 Å². The van der Waals surface area contributed by atoms with E-state index in [1.54, 1.807) is 0 Å². The van der Waals surface area contributed by atoms with Crippen molar-refractivity contribution in [2.75, 3.05) is 13.2 Å². The highest BCUT2D eigenvalue weighted by Crippen LogP contribution is 2.16. The van der Waals surface area contributed by atoms with Crippen LogP contribution in [0.5, 0.6) is 5.88 Å². The number of nitrogens with one attached hydrogen (secondary N) is 1. The summed E-state index contributed by atoms with van der Waals surface area (Å²) in [5, 5.41) is 3.71. The third kappa shape index (κ3) is 9.38. The monoisotopic (exact) mass is 414 g/mol. The van der Waals surface area contributed by atoms with Gasteiger partial charge >= 0.3 is 0 Å². The van der Waals surface area contributed by atoms with Gasteiger partial charge in [-0.1, -0.05) is 64.2 Å². The molecule has 1 amide bonds. The van der Waals surface area contributed by atoms with Crippen LogP contribution >= 0.6 is 0 Å². The molecule has 0 aliphatic heterocycles. The van der Waals surface area contributed by atoms with Crippen molar-refractivity contribution >= 4 is 16.8 Å². The molecule has 2 rings (SSSR count). The summed E-state index contributed by atoms with van der Waals surface area (Å²) in [6.07, 6.45) is 9.66. The van der Waals surface area contributed by atoms with Crippen molar-refractivity contribution in [3.8, 4) is 5.88 Å². The Bertz CT molecular complexity index is 805. The van der Waals surface area contributed by atoms with Gasteiger partial charge in [-0.25, -0.2) is 9.37 Å². The zero-order chi connectivity index (χ0) is 21.6. The zero-order valence-corrected chi connectivity index (χ0v) is 18.3. The third-order valence-corrected chi connectivity index (χ3v) is 4.88. The lowest BCUT2D eigenvalue weighted by atomic mass is 10.1. The summed E-state index contributed by atoms with van der Waals surface area (Å²) in [5.41, 5.74) is 0.959.